The van der Waals surface area contributed by atoms with Gasteiger partial charge in [0, 0.05) is 13.7 Å². The second-order valence-corrected chi connectivity index (χ2v) is 2.02. The summed E-state index contributed by atoms with van der Waals surface area (Å²) < 4.78 is 4.93. The van der Waals surface area contributed by atoms with Gasteiger partial charge in [0.1, 0.15) is 0 Å². The quantitative estimate of drug-likeness (QED) is 0.586. The summed E-state index contributed by atoms with van der Waals surface area (Å²) in [6.07, 6.45) is 0. The van der Waals surface area contributed by atoms with Crippen LogP contribution in [0.1, 0.15) is 21.3 Å². The van der Waals surface area contributed by atoms with E-state index in [-0.39, 0.29) is 7.43 Å². The zero-order chi connectivity index (χ0) is 7.11. The molecule has 0 aromatic rings. The molecule has 0 saturated carbocycles. The monoisotopic (exact) mass is 147 g/mol. The lowest BCUT2D eigenvalue weighted by atomic mass is 10.5. The summed E-state index contributed by atoms with van der Waals surface area (Å²) in [5.74, 6) is 0. The van der Waals surface area contributed by atoms with Crippen molar-refractivity contribution in [1.29, 1.82) is 0 Å². The molecule has 0 heterocycles. The van der Waals surface area contributed by atoms with Crippen LogP contribution in [-0.4, -0.2) is 38.3 Å². The molecule has 0 spiro atoms. The van der Waals surface area contributed by atoms with Crippen LogP contribution in [0.2, 0.25) is 0 Å². The molecule has 0 bridgehead atoms. The molecule has 0 N–H and O–H groups in total. The molecule has 0 amide bonds. The minimum absolute atomic E-state index is 0. The Hall–Kier alpha value is -0.0800. The zero-order valence-corrected chi connectivity index (χ0v) is 6.68. The van der Waals surface area contributed by atoms with Crippen LogP contribution in [-0.2, 0) is 4.74 Å². The molecule has 0 unspecified atom stereocenters. The van der Waals surface area contributed by atoms with Crippen molar-refractivity contribution in [1.82, 2.24) is 4.90 Å². The van der Waals surface area contributed by atoms with Crippen molar-refractivity contribution < 1.29 is 4.74 Å². The van der Waals surface area contributed by atoms with E-state index in [1.165, 1.54) is 0 Å². The van der Waals surface area contributed by atoms with Crippen molar-refractivity contribution in [3.05, 3.63) is 0 Å². The maximum atomic E-state index is 4.93. The molecular formula is C8H21NO. The lowest BCUT2D eigenvalue weighted by Crippen LogP contribution is -2.26. The molecule has 0 aliphatic heterocycles. The summed E-state index contributed by atoms with van der Waals surface area (Å²) in [4.78, 5) is 2.34. The lowest BCUT2D eigenvalue weighted by Gasteiger charge is -2.16. The molecule has 2 heteroatoms. The third-order valence-corrected chi connectivity index (χ3v) is 1.51. The van der Waals surface area contributed by atoms with Crippen LogP contribution in [0.25, 0.3) is 0 Å². The zero-order valence-electron chi connectivity index (χ0n) is 6.68. The third-order valence-electron chi connectivity index (χ3n) is 1.51. The SMILES string of the molecule is C.CCN(CC)CCOC. The summed E-state index contributed by atoms with van der Waals surface area (Å²) in [5, 5.41) is 0. The van der Waals surface area contributed by atoms with Gasteiger partial charge >= 0.3 is 0 Å². The van der Waals surface area contributed by atoms with Crippen molar-refractivity contribution in [2.75, 3.05) is 33.4 Å². The van der Waals surface area contributed by atoms with Gasteiger partial charge < -0.3 is 9.64 Å². The Morgan fingerprint density at radius 2 is 1.70 bits per heavy atom. The van der Waals surface area contributed by atoms with E-state index in [4.69, 9.17) is 4.74 Å². The van der Waals surface area contributed by atoms with E-state index in [0.29, 0.717) is 0 Å². The number of hydrogen-bond donors (Lipinski definition) is 0. The molecular weight excluding hydrogens is 126 g/mol. The number of methoxy groups -OCH3 is 1. The van der Waals surface area contributed by atoms with E-state index in [2.05, 4.69) is 18.7 Å². The molecule has 64 valence electrons. The number of nitrogens with zero attached hydrogens (tertiary/aromatic N) is 1. The van der Waals surface area contributed by atoms with Gasteiger partial charge in [0.15, 0.2) is 0 Å². The van der Waals surface area contributed by atoms with Gasteiger partial charge in [-0.05, 0) is 13.1 Å². The molecule has 10 heavy (non-hydrogen) atoms. The first-order valence-corrected chi connectivity index (χ1v) is 3.56. The highest BCUT2D eigenvalue weighted by Gasteiger charge is 1.95. The summed E-state index contributed by atoms with van der Waals surface area (Å²) in [6.45, 7) is 8.49. The van der Waals surface area contributed by atoms with Gasteiger partial charge in [-0.2, -0.15) is 0 Å². The van der Waals surface area contributed by atoms with E-state index >= 15 is 0 Å². The molecule has 0 aliphatic carbocycles. The normalized spacial score (nSPS) is 9.60. The van der Waals surface area contributed by atoms with Gasteiger partial charge in [0.2, 0.25) is 0 Å². The maximum Gasteiger partial charge on any atom is 0.0589 e. The Morgan fingerprint density at radius 3 is 2.00 bits per heavy atom. The molecule has 2 nitrogen and oxygen atoms in total. The summed E-state index contributed by atoms with van der Waals surface area (Å²) in [5.41, 5.74) is 0. The highest BCUT2D eigenvalue weighted by atomic mass is 16.5. The van der Waals surface area contributed by atoms with Crippen molar-refractivity contribution in [3.8, 4) is 0 Å². The summed E-state index contributed by atoms with van der Waals surface area (Å²) in [7, 11) is 1.74. The number of rotatable bonds is 5. The average Bonchev–Trinajstić information content (AvgIpc) is 1.91. The maximum absolute atomic E-state index is 4.93. The summed E-state index contributed by atoms with van der Waals surface area (Å²) >= 11 is 0. The van der Waals surface area contributed by atoms with E-state index in [1.54, 1.807) is 7.11 Å². The number of likely N-dealkylation sites (N-methyl/N-ethyl adjacent to an activating group) is 1. The van der Waals surface area contributed by atoms with E-state index < -0.39 is 0 Å². The van der Waals surface area contributed by atoms with Crippen molar-refractivity contribution in [2.45, 2.75) is 21.3 Å². The van der Waals surface area contributed by atoms with Gasteiger partial charge in [-0.1, -0.05) is 21.3 Å². The van der Waals surface area contributed by atoms with Crippen LogP contribution >= 0.6 is 0 Å². The Balaban J connectivity index is 0. The van der Waals surface area contributed by atoms with Crippen LogP contribution in [0, 0.1) is 0 Å². The number of ether oxygens (including phenoxy) is 1. The predicted octanol–water partition coefficient (Wildman–Crippen LogP) is 1.61. The van der Waals surface area contributed by atoms with Gasteiger partial charge in [0.25, 0.3) is 0 Å². The first kappa shape index (κ1) is 12.6. The van der Waals surface area contributed by atoms with Gasteiger partial charge in [-0.15, -0.1) is 0 Å². The molecule has 0 aliphatic rings. The van der Waals surface area contributed by atoms with E-state index in [1.807, 2.05) is 0 Å². The Bertz CT molecular complexity index is 53.2. The van der Waals surface area contributed by atoms with Crippen LogP contribution in [0.3, 0.4) is 0 Å². The van der Waals surface area contributed by atoms with Gasteiger partial charge in [-0.25, -0.2) is 0 Å². The molecule has 0 saturated heterocycles. The first-order chi connectivity index (χ1) is 4.35. The average molecular weight is 147 g/mol. The molecule has 0 fully saturated rings. The first-order valence-electron chi connectivity index (χ1n) is 3.56. The lowest BCUT2D eigenvalue weighted by molar-refractivity contribution is 0.154. The highest BCUT2D eigenvalue weighted by molar-refractivity contribution is 4.48. The Kier molecular flexibility index (Phi) is 11.2. The smallest absolute Gasteiger partial charge is 0.0589 e. The predicted molar refractivity (Wildman–Crippen MR) is 46.4 cm³/mol. The van der Waals surface area contributed by atoms with Crippen molar-refractivity contribution in [2.24, 2.45) is 0 Å². The molecule has 0 rings (SSSR count). The summed E-state index contributed by atoms with van der Waals surface area (Å²) in [6, 6.07) is 0. The standard InChI is InChI=1S/C7H17NO.CH4/c1-4-8(5-2)6-7-9-3;/h4-7H2,1-3H3;1H4. The molecule has 0 aromatic heterocycles. The van der Waals surface area contributed by atoms with Crippen molar-refractivity contribution in [3.63, 3.8) is 0 Å². The second-order valence-electron chi connectivity index (χ2n) is 2.02. The molecule has 0 radical (unpaired) electrons. The van der Waals surface area contributed by atoms with E-state index in [9.17, 15) is 0 Å². The van der Waals surface area contributed by atoms with Crippen LogP contribution in [0.15, 0.2) is 0 Å². The van der Waals surface area contributed by atoms with Crippen LogP contribution < -0.4 is 0 Å². The molecule has 0 aromatic carbocycles. The highest BCUT2D eigenvalue weighted by Crippen LogP contribution is 1.84. The fraction of sp³-hybridized carbons (Fsp3) is 1.00. The minimum atomic E-state index is 0. The largest absolute Gasteiger partial charge is 0.383 e. The fourth-order valence-electron chi connectivity index (χ4n) is 0.760. The minimum Gasteiger partial charge on any atom is -0.383 e. The third kappa shape index (κ3) is 6.05. The van der Waals surface area contributed by atoms with Gasteiger partial charge in [0.05, 0.1) is 6.61 Å². The van der Waals surface area contributed by atoms with E-state index in [0.717, 1.165) is 26.2 Å². The van der Waals surface area contributed by atoms with Crippen LogP contribution in [0.5, 0.6) is 0 Å². The topological polar surface area (TPSA) is 12.5 Å². The Morgan fingerprint density at radius 1 is 1.20 bits per heavy atom. The second kappa shape index (κ2) is 8.92. The van der Waals surface area contributed by atoms with Gasteiger partial charge in [-0.3, -0.25) is 0 Å². The van der Waals surface area contributed by atoms with Crippen LogP contribution in [0.4, 0.5) is 0 Å². The molecule has 0 atom stereocenters. The fourth-order valence-corrected chi connectivity index (χ4v) is 0.760. The van der Waals surface area contributed by atoms with Crippen molar-refractivity contribution >= 4 is 0 Å². The number of hydrogen-bond acceptors (Lipinski definition) is 2. The Labute approximate surface area is 65.2 Å².